The molecule has 0 aromatic rings. The Morgan fingerprint density at radius 2 is 1.87 bits per heavy atom. The van der Waals surface area contributed by atoms with Gasteiger partial charge in [0.25, 0.3) is 0 Å². The lowest BCUT2D eigenvalue weighted by Gasteiger charge is -2.20. The lowest BCUT2D eigenvalue weighted by atomic mass is 9.86. The van der Waals surface area contributed by atoms with Crippen LogP contribution in [0.3, 0.4) is 0 Å². The summed E-state index contributed by atoms with van der Waals surface area (Å²) in [6.45, 7) is 1.26. The zero-order chi connectivity index (χ0) is 11.1. The summed E-state index contributed by atoms with van der Waals surface area (Å²) in [6.07, 6.45) is 9.00. The second kappa shape index (κ2) is 6.59. The molecule has 0 radical (unpaired) electrons. The third-order valence-electron chi connectivity index (χ3n) is 2.98. The molecule has 0 N–H and O–H groups in total. The maximum absolute atomic E-state index is 11.1. The Hall–Kier alpha value is -0.860. The number of hydrogen-bond donors (Lipinski definition) is 0. The Morgan fingerprint density at radius 1 is 1.20 bits per heavy atom. The monoisotopic (exact) mass is 212 g/mol. The molecule has 1 saturated carbocycles. The van der Waals surface area contributed by atoms with Crippen LogP contribution in [0.25, 0.3) is 0 Å². The number of hydrogen-bond acceptors (Lipinski definition) is 3. The summed E-state index contributed by atoms with van der Waals surface area (Å²) in [5.41, 5.74) is 0. The molecule has 0 aromatic heterocycles. The highest BCUT2D eigenvalue weighted by atomic mass is 16.6. The zero-order valence-electron chi connectivity index (χ0n) is 9.46. The summed E-state index contributed by atoms with van der Waals surface area (Å²) >= 11 is 0. The van der Waals surface area contributed by atoms with E-state index < -0.39 is 5.97 Å². The molecule has 1 rings (SSSR count). The fraction of sp³-hybridized carbons (Fsp3) is 0.833. The number of esters is 2. The fourth-order valence-electron chi connectivity index (χ4n) is 2.22. The van der Waals surface area contributed by atoms with E-state index in [1.807, 2.05) is 0 Å². The first-order valence-corrected chi connectivity index (χ1v) is 5.89. The third kappa shape index (κ3) is 5.55. The van der Waals surface area contributed by atoms with Gasteiger partial charge in [-0.15, -0.1) is 0 Å². The molecule has 0 amide bonds. The molecule has 0 atom stereocenters. The summed E-state index contributed by atoms with van der Waals surface area (Å²) < 4.78 is 4.46. The average Bonchev–Trinajstić information content (AvgIpc) is 2.18. The number of rotatable bonds is 4. The highest BCUT2D eigenvalue weighted by Gasteiger charge is 2.14. The summed E-state index contributed by atoms with van der Waals surface area (Å²) in [5.74, 6) is -0.0835. The maximum Gasteiger partial charge on any atom is 0.313 e. The van der Waals surface area contributed by atoms with Gasteiger partial charge in [0.15, 0.2) is 0 Å². The van der Waals surface area contributed by atoms with E-state index in [9.17, 15) is 9.59 Å². The molecule has 0 aromatic carbocycles. The first-order chi connectivity index (χ1) is 7.18. The van der Waals surface area contributed by atoms with Gasteiger partial charge < -0.3 is 4.74 Å². The molecule has 0 saturated heterocycles. The van der Waals surface area contributed by atoms with Gasteiger partial charge in [-0.3, -0.25) is 9.59 Å². The highest BCUT2D eigenvalue weighted by molar-refractivity contribution is 5.83. The van der Waals surface area contributed by atoms with Crippen LogP contribution in [0.5, 0.6) is 0 Å². The zero-order valence-corrected chi connectivity index (χ0v) is 9.46. The van der Waals surface area contributed by atoms with Crippen molar-refractivity contribution in [3.05, 3.63) is 0 Å². The molecule has 0 heterocycles. The molecule has 1 aliphatic rings. The Balaban J connectivity index is 2.04. The fourth-order valence-corrected chi connectivity index (χ4v) is 2.22. The molecular formula is C12H20O3. The molecule has 3 nitrogen and oxygen atoms in total. The van der Waals surface area contributed by atoms with Gasteiger partial charge in [-0.05, 0) is 18.8 Å². The van der Waals surface area contributed by atoms with Gasteiger partial charge in [0.1, 0.15) is 0 Å². The summed E-state index contributed by atoms with van der Waals surface area (Å²) in [5, 5.41) is 0. The Morgan fingerprint density at radius 3 is 2.47 bits per heavy atom. The molecule has 3 heteroatoms. The molecule has 86 valence electrons. The van der Waals surface area contributed by atoms with Crippen molar-refractivity contribution in [2.24, 2.45) is 5.92 Å². The van der Waals surface area contributed by atoms with Crippen LogP contribution in [-0.4, -0.2) is 11.9 Å². The molecule has 1 aliphatic carbocycles. The first kappa shape index (κ1) is 12.2. The van der Waals surface area contributed by atoms with Crippen molar-refractivity contribution >= 4 is 11.9 Å². The third-order valence-corrected chi connectivity index (χ3v) is 2.98. The van der Waals surface area contributed by atoms with E-state index in [0.29, 0.717) is 6.42 Å². The second-order valence-corrected chi connectivity index (χ2v) is 4.36. The van der Waals surface area contributed by atoms with Gasteiger partial charge in [0, 0.05) is 13.3 Å². The topological polar surface area (TPSA) is 43.4 Å². The predicted molar refractivity (Wildman–Crippen MR) is 57.2 cm³/mol. The number of ether oxygens (including phenoxy) is 1. The van der Waals surface area contributed by atoms with Crippen LogP contribution in [0.2, 0.25) is 0 Å². The van der Waals surface area contributed by atoms with E-state index in [1.54, 1.807) is 0 Å². The molecule has 0 unspecified atom stereocenters. The standard InChI is InChI=1S/C12H20O3/c1-10(13)15-12(14)9-5-8-11-6-3-2-4-7-11/h11H,2-9H2,1H3. The minimum Gasteiger partial charge on any atom is -0.393 e. The van der Waals surface area contributed by atoms with Crippen LogP contribution in [0.1, 0.15) is 58.3 Å². The van der Waals surface area contributed by atoms with Gasteiger partial charge in [0.05, 0.1) is 0 Å². The molecule has 0 aliphatic heterocycles. The largest absolute Gasteiger partial charge is 0.393 e. The van der Waals surface area contributed by atoms with E-state index >= 15 is 0 Å². The first-order valence-electron chi connectivity index (χ1n) is 5.89. The minimum absolute atomic E-state index is 0.377. The number of carbonyl (C=O) groups is 2. The highest BCUT2D eigenvalue weighted by Crippen LogP contribution is 2.27. The molecule has 0 spiro atoms. The van der Waals surface area contributed by atoms with Gasteiger partial charge >= 0.3 is 11.9 Å². The molecule has 15 heavy (non-hydrogen) atoms. The summed E-state index contributed by atoms with van der Waals surface area (Å²) in [7, 11) is 0. The van der Waals surface area contributed by atoms with E-state index in [1.165, 1.54) is 39.0 Å². The van der Waals surface area contributed by atoms with Crippen molar-refractivity contribution in [2.75, 3.05) is 0 Å². The number of carbonyl (C=O) groups excluding carboxylic acids is 2. The van der Waals surface area contributed by atoms with Crippen LogP contribution >= 0.6 is 0 Å². The predicted octanol–water partition coefficient (Wildman–Crippen LogP) is 2.83. The van der Waals surface area contributed by atoms with E-state index in [-0.39, 0.29) is 5.97 Å². The lowest BCUT2D eigenvalue weighted by molar-refractivity contribution is -0.158. The molecular weight excluding hydrogens is 192 g/mol. The quantitative estimate of drug-likeness (QED) is 0.531. The van der Waals surface area contributed by atoms with E-state index in [2.05, 4.69) is 4.74 Å². The van der Waals surface area contributed by atoms with Crippen LogP contribution in [0.15, 0.2) is 0 Å². The van der Waals surface area contributed by atoms with Crippen molar-refractivity contribution in [2.45, 2.75) is 58.3 Å². The van der Waals surface area contributed by atoms with Crippen LogP contribution in [0, 0.1) is 5.92 Å². The second-order valence-electron chi connectivity index (χ2n) is 4.36. The minimum atomic E-state index is -0.502. The van der Waals surface area contributed by atoms with Gasteiger partial charge in [-0.25, -0.2) is 0 Å². The smallest absolute Gasteiger partial charge is 0.313 e. The van der Waals surface area contributed by atoms with Crippen LogP contribution in [0.4, 0.5) is 0 Å². The van der Waals surface area contributed by atoms with Crippen molar-refractivity contribution < 1.29 is 14.3 Å². The van der Waals surface area contributed by atoms with Crippen molar-refractivity contribution in [1.29, 1.82) is 0 Å². The van der Waals surface area contributed by atoms with Crippen molar-refractivity contribution in [1.82, 2.24) is 0 Å². The molecule has 1 fully saturated rings. The van der Waals surface area contributed by atoms with Gasteiger partial charge in [0.2, 0.25) is 0 Å². The van der Waals surface area contributed by atoms with Crippen LogP contribution < -0.4 is 0 Å². The normalized spacial score (nSPS) is 17.4. The van der Waals surface area contributed by atoms with Gasteiger partial charge in [-0.2, -0.15) is 0 Å². The molecule has 0 bridgehead atoms. The summed E-state index contributed by atoms with van der Waals surface area (Å²) in [4.78, 5) is 21.5. The Bertz CT molecular complexity index is 217. The van der Waals surface area contributed by atoms with Crippen molar-refractivity contribution in [3.63, 3.8) is 0 Å². The van der Waals surface area contributed by atoms with E-state index in [0.717, 1.165) is 18.8 Å². The van der Waals surface area contributed by atoms with Crippen molar-refractivity contribution in [3.8, 4) is 0 Å². The van der Waals surface area contributed by atoms with E-state index in [4.69, 9.17) is 0 Å². The summed E-state index contributed by atoms with van der Waals surface area (Å²) in [6, 6.07) is 0. The Labute approximate surface area is 91.2 Å². The SMILES string of the molecule is CC(=O)OC(=O)CCCC1CCCCC1. The lowest BCUT2D eigenvalue weighted by Crippen LogP contribution is -2.10. The average molecular weight is 212 g/mol. The maximum atomic E-state index is 11.1. The van der Waals surface area contributed by atoms with Gasteiger partial charge in [-0.1, -0.05) is 32.1 Å². The Kier molecular flexibility index (Phi) is 5.37. The van der Waals surface area contributed by atoms with Crippen LogP contribution in [-0.2, 0) is 14.3 Å².